The molecular formula is C10H15NO2. The van der Waals surface area contributed by atoms with Crippen LogP contribution in [0, 0.1) is 0 Å². The maximum absolute atomic E-state index is 5.55. The third kappa shape index (κ3) is 3.92. The summed E-state index contributed by atoms with van der Waals surface area (Å²) in [5.41, 5.74) is 7.57. The molecule has 0 aliphatic rings. The summed E-state index contributed by atoms with van der Waals surface area (Å²) in [6, 6.07) is 7.80. The first-order valence-corrected chi connectivity index (χ1v) is 4.24. The summed E-state index contributed by atoms with van der Waals surface area (Å²) in [6.07, 6.45) is 0.892. The topological polar surface area (TPSA) is 44.5 Å². The van der Waals surface area contributed by atoms with Gasteiger partial charge in [-0.15, -0.1) is 0 Å². The van der Waals surface area contributed by atoms with Crippen molar-refractivity contribution in [3.8, 4) is 0 Å². The summed E-state index contributed by atoms with van der Waals surface area (Å²) < 4.78 is 9.92. The monoisotopic (exact) mass is 181 g/mol. The van der Waals surface area contributed by atoms with E-state index in [1.54, 1.807) is 7.11 Å². The van der Waals surface area contributed by atoms with E-state index >= 15 is 0 Å². The molecule has 0 spiro atoms. The molecule has 0 aromatic heterocycles. The van der Waals surface area contributed by atoms with Crippen LogP contribution in [-0.4, -0.2) is 20.5 Å². The molecule has 3 heteroatoms. The van der Waals surface area contributed by atoms with E-state index in [9.17, 15) is 0 Å². The van der Waals surface area contributed by atoms with Crippen LogP contribution in [0.1, 0.15) is 5.56 Å². The lowest BCUT2D eigenvalue weighted by molar-refractivity contribution is -0.0291. The van der Waals surface area contributed by atoms with Crippen molar-refractivity contribution in [1.82, 2.24) is 0 Å². The van der Waals surface area contributed by atoms with Crippen LogP contribution in [0.2, 0.25) is 0 Å². The molecule has 1 aromatic carbocycles. The number of nitrogen functional groups attached to an aromatic ring is 1. The van der Waals surface area contributed by atoms with Crippen LogP contribution >= 0.6 is 0 Å². The highest BCUT2D eigenvalue weighted by molar-refractivity contribution is 5.39. The van der Waals surface area contributed by atoms with Gasteiger partial charge in [0, 0.05) is 12.8 Å². The minimum atomic E-state index is 0.356. The maximum atomic E-state index is 5.55. The predicted molar refractivity (Wildman–Crippen MR) is 52.4 cm³/mol. The molecular weight excluding hydrogens is 166 g/mol. The van der Waals surface area contributed by atoms with Gasteiger partial charge < -0.3 is 15.2 Å². The van der Waals surface area contributed by atoms with Crippen LogP contribution in [0.4, 0.5) is 5.69 Å². The van der Waals surface area contributed by atoms with Crippen LogP contribution in [0.15, 0.2) is 24.3 Å². The second kappa shape index (κ2) is 5.56. The van der Waals surface area contributed by atoms with Crippen molar-refractivity contribution < 1.29 is 9.47 Å². The van der Waals surface area contributed by atoms with Crippen molar-refractivity contribution in [3.05, 3.63) is 29.8 Å². The second-order valence-electron chi connectivity index (χ2n) is 2.81. The Balaban J connectivity index is 2.25. The Bertz CT molecular complexity index is 233. The molecule has 0 unspecified atom stereocenters. The summed E-state index contributed by atoms with van der Waals surface area (Å²) in [7, 11) is 1.61. The van der Waals surface area contributed by atoms with Gasteiger partial charge in [-0.05, 0) is 24.1 Å². The lowest BCUT2D eigenvalue weighted by Crippen LogP contribution is -2.01. The molecule has 0 radical (unpaired) electrons. The summed E-state index contributed by atoms with van der Waals surface area (Å²) in [5.74, 6) is 0. The molecule has 13 heavy (non-hydrogen) atoms. The van der Waals surface area contributed by atoms with Crippen LogP contribution in [-0.2, 0) is 15.9 Å². The van der Waals surface area contributed by atoms with Gasteiger partial charge in [-0.2, -0.15) is 0 Å². The number of methoxy groups -OCH3 is 1. The van der Waals surface area contributed by atoms with Gasteiger partial charge >= 0.3 is 0 Å². The molecule has 0 heterocycles. The first-order chi connectivity index (χ1) is 6.33. The Morgan fingerprint density at radius 2 is 1.92 bits per heavy atom. The normalized spacial score (nSPS) is 10.2. The van der Waals surface area contributed by atoms with Gasteiger partial charge in [0.15, 0.2) is 0 Å². The van der Waals surface area contributed by atoms with E-state index in [1.807, 2.05) is 24.3 Å². The highest BCUT2D eigenvalue weighted by atomic mass is 16.7. The quantitative estimate of drug-likeness (QED) is 0.424. The van der Waals surface area contributed by atoms with E-state index in [1.165, 1.54) is 5.56 Å². The fourth-order valence-electron chi connectivity index (χ4n) is 1.02. The number of anilines is 1. The standard InChI is InChI=1S/C10H15NO2/c1-12-8-13-7-6-9-2-4-10(11)5-3-9/h2-5H,6-8,11H2,1H3. The lowest BCUT2D eigenvalue weighted by atomic mass is 10.1. The zero-order valence-electron chi connectivity index (χ0n) is 7.82. The molecule has 0 atom stereocenters. The summed E-state index contributed by atoms with van der Waals surface area (Å²) >= 11 is 0. The minimum absolute atomic E-state index is 0.356. The molecule has 72 valence electrons. The van der Waals surface area contributed by atoms with Crippen LogP contribution in [0.25, 0.3) is 0 Å². The van der Waals surface area contributed by atoms with Crippen molar-refractivity contribution in [2.75, 3.05) is 26.2 Å². The predicted octanol–water partition coefficient (Wildman–Crippen LogP) is 1.43. The van der Waals surface area contributed by atoms with Gasteiger partial charge in [0.05, 0.1) is 6.61 Å². The summed E-state index contributed by atoms with van der Waals surface area (Å²) in [6.45, 7) is 1.03. The zero-order chi connectivity index (χ0) is 9.52. The highest BCUT2D eigenvalue weighted by Crippen LogP contribution is 2.05. The van der Waals surface area contributed by atoms with E-state index in [0.717, 1.165) is 12.1 Å². The summed E-state index contributed by atoms with van der Waals surface area (Å²) in [4.78, 5) is 0. The molecule has 0 saturated heterocycles. The fraction of sp³-hybridized carbons (Fsp3) is 0.400. The Morgan fingerprint density at radius 1 is 1.23 bits per heavy atom. The molecule has 0 amide bonds. The van der Waals surface area contributed by atoms with Crippen molar-refractivity contribution >= 4 is 5.69 Å². The molecule has 2 N–H and O–H groups in total. The van der Waals surface area contributed by atoms with Gasteiger partial charge in [-0.25, -0.2) is 0 Å². The van der Waals surface area contributed by atoms with E-state index < -0.39 is 0 Å². The highest BCUT2D eigenvalue weighted by Gasteiger charge is 1.92. The second-order valence-corrected chi connectivity index (χ2v) is 2.81. The fourth-order valence-corrected chi connectivity index (χ4v) is 1.02. The minimum Gasteiger partial charge on any atom is -0.399 e. The Morgan fingerprint density at radius 3 is 2.54 bits per heavy atom. The molecule has 0 aliphatic heterocycles. The third-order valence-corrected chi connectivity index (χ3v) is 1.72. The van der Waals surface area contributed by atoms with Crippen molar-refractivity contribution in [2.45, 2.75) is 6.42 Å². The van der Waals surface area contributed by atoms with Gasteiger partial charge in [-0.1, -0.05) is 12.1 Å². The van der Waals surface area contributed by atoms with E-state index in [2.05, 4.69) is 0 Å². The average Bonchev–Trinajstić information content (AvgIpc) is 2.15. The molecule has 0 bridgehead atoms. The first-order valence-electron chi connectivity index (χ1n) is 4.24. The smallest absolute Gasteiger partial charge is 0.146 e. The first kappa shape index (κ1) is 10.0. The Kier molecular flexibility index (Phi) is 4.29. The van der Waals surface area contributed by atoms with Crippen molar-refractivity contribution in [1.29, 1.82) is 0 Å². The van der Waals surface area contributed by atoms with Crippen molar-refractivity contribution in [2.24, 2.45) is 0 Å². The van der Waals surface area contributed by atoms with E-state index in [0.29, 0.717) is 13.4 Å². The SMILES string of the molecule is COCOCCc1ccc(N)cc1. The van der Waals surface area contributed by atoms with Crippen molar-refractivity contribution in [3.63, 3.8) is 0 Å². The largest absolute Gasteiger partial charge is 0.399 e. The average molecular weight is 181 g/mol. The van der Waals surface area contributed by atoms with Gasteiger partial charge in [0.2, 0.25) is 0 Å². The summed E-state index contributed by atoms with van der Waals surface area (Å²) in [5, 5.41) is 0. The Labute approximate surface area is 78.5 Å². The van der Waals surface area contributed by atoms with Crippen LogP contribution < -0.4 is 5.73 Å². The maximum Gasteiger partial charge on any atom is 0.146 e. The number of hydrogen-bond donors (Lipinski definition) is 1. The lowest BCUT2D eigenvalue weighted by Gasteiger charge is -2.03. The molecule has 0 saturated carbocycles. The zero-order valence-corrected chi connectivity index (χ0v) is 7.82. The van der Waals surface area contributed by atoms with Crippen LogP contribution in [0.5, 0.6) is 0 Å². The van der Waals surface area contributed by atoms with Crippen LogP contribution in [0.3, 0.4) is 0 Å². The Hall–Kier alpha value is -1.06. The third-order valence-electron chi connectivity index (χ3n) is 1.72. The van der Waals surface area contributed by atoms with E-state index in [-0.39, 0.29) is 0 Å². The molecule has 3 nitrogen and oxygen atoms in total. The molecule has 0 fully saturated rings. The van der Waals surface area contributed by atoms with Gasteiger partial charge in [0.1, 0.15) is 6.79 Å². The van der Waals surface area contributed by atoms with E-state index in [4.69, 9.17) is 15.2 Å². The number of ether oxygens (including phenoxy) is 2. The molecule has 1 rings (SSSR count). The number of rotatable bonds is 5. The van der Waals surface area contributed by atoms with Gasteiger partial charge in [0.25, 0.3) is 0 Å². The molecule has 0 aliphatic carbocycles. The number of nitrogens with two attached hydrogens (primary N) is 1. The van der Waals surface area contributed by atoms with Gasteiger partial charge in [-0.3, -0.25) is 0 Å². The molecule has 1 aromatic rings. The number of benzene rings is 1. The number of hydrogen-bond acceptors (Lipinski definition) is 3.